The third kappa shape index (κ3) is 6.40. The van der Waals surface area contributed by atoms with E-state index in [-0.39, 0.29) is 13.0 Å². The average molecular weight is 592 g/mol. The first-order valence-electron chi connectivity index (χ1n) is 10.5. The Morgan fingerprint density at radius 2 is 2.03 bits per heavy atom. The molecule has 0 spiro atoms. The van der Waals surface area contributed by atoms with Gasteiger partial charge in [-0.05, 0) is 48.8 Å². The van der Waals surface area contributed by atoms with Gasteiger partial charge in [0.15, 0.2) is 0 Å². The molecule has 1 aliphatic heterocycles. The van der Waals surface area contributed by atoms with Crippen LogP contribution in [0, 0.1) is 0 Å². The Balaban J connectivity index is 1.71. The molecular weight excluding hydrogens is 571 g/mol. The standard InChI is InChI=1S/C22H20Cl2N2O5S4/c1-2-13(9-20-26(12-21(27)28)22-17(33-20)11-18(24)34-22)8-19-25(6-3-7-35(29,30)31)15-10-14(23)4-5-16(15)32-19/h4-5,8-11H,2-3,6-7,12H2,1H3,(H-,27,28,29,30,31). The number of rotatable bonds is 9. The maximum atomic E-state index is 11.5. The average Bonchev–Trinajstić information content (AvgIpc) is 3.38. The number of allylic oxidation sites excluding steroid dienone is 2. The first-order chi connectivity index (χ1) is 16.5. The third-order valence-corrected chi connectivity index (χ3v) is 9.79. The normalized spacial score (nSPS) is 15.4. The first-order valence-corrected chi connectivity index (χ1v) is 15.3. The van der Waals surface area contributed by atoms with Crippen LogP contribution in [-0.2, 0) is 21.5 Å². The van der Waals surface area contributed by atoms with Gasteiger partial charge in [-0.25, -0.2) is 13.2 Å². The maximum absolute atomic E-state index is 11.5. The SMILES string of the molecule is CCC(=Cc1sc2cc(Cl)sc2[n+]1CC(=O)O)C=C1Sc2ccc(Cl)cc2N1CCCS(=O)(=O)[O-]. The van der Waals surface area contributed by atoms with Gasteiger partial charge in [0.1, 0.15) is 9.04 Å². The summed E-state index contributed by atoms with van der Waals surface area (Å²) in [6, 6.07) is 7.37. The Morgan fingerprint density at radius 3 is 2.71 bits per heavy atom. The Morgan fingerprint density at radius 1 is 1.26 bits per heavy atom. The van der Waals surface area contributed by atoms with E-state index in [2.05, 4.69) is 0 Å². The van der Waals surface area contributed by atoms with Gasteiger partial charge < -0.3 is 14.6 Å². The summed E-state index contributed by atoms with van der Waals surface area (Å²) in [5, 5.41) is 11.7. The molecule has 0 bridgehead atoms. The molecule has 1 aromatic carbocycles. The largest absolute Gasteiger partial charge is 0.748 e. The number of thioether (sulfide) groups is 1. The van der Waals surface area contributed by atoms with Gasteiger partial charge in [0.2, 0.25) is 6.54 Å². The van der Waals surface area contributed by atoms with Gasteiger partial charge in [0.25, 0.3) is 9.84 Å². The number of thiazole rings is 1. The highest BCUT2D eigenvalue weighted by Crippen LogP contribution is 2.47. The molecule has 3 heterocycles. The lowest BCUT2D eigenvalue weighted by atomic mass is 10.2. The lowest BCUT2D eigenvalue weighted by Gasteiger charge is -2.21. The molecule has 1 aliphatic rings. The van der Waals surface area contributed by atoms with Crippen molar-refractivity contribution in [1.29, 1.82) is 0 Å². The van der Waals surface area contributed by atoms with Gasteiger partial charge in [0.05, 0.1) is 20.8 Å². The van der Waals surface area contributed by atoms with Crippen molar-refractivity contribution < 1.29 is 27.4 Å². The van der Waals surface area contributed by atoms with Crippen molar-refractivity contribution in [1.82, 2.24) is 0 Å². The molecule has 0 amide bonds. The summed E-state index contributed by atoms with van der Waals surface area (Å²) in [6.07, 6.45) is 4.85. The van der Waals surface area contributed by atoms with Gasteiger partial charge in [-0.15, -0.1) is 0 Å². The zero-order chi connectivity index (χ0) is 25.3. The van der Waals surface area contributed by atoms with E-state index in [9.17, 15) is 22.9 Å². The smallest absolute Gasteiger partial charge is 0.370 e. The molecule has 2 aromatic heterocycles. The van der Waals surface area contributed by atoms with Crippen molar-refractivity contribution in [3.05, 3.63) is 55.3 Å². The van der Waals surface area contributed by atoms with E-state index in [1.165, 1.54) is 34.4 Å². The number of thiophene rings is 1. The fraction of sp³-hybridized carbons (Fsp3) is 0.273. The lowest BCUT2D eigenvalue weighted by Crippen LogP contribution is -2.38. The van der Waals surface area contributed by atoms with E-state index < -0.39 is 21.8 Å². The Bertz CT molecular complexity index is 1460. The number of fused-ring (bicyclic) bond motifs is 2. The quantitative estimate of drug-likeness (QED) is 0.247. The minimum Gasteiger partial charge on any atom is -0.748 e. The molecule has 13 heteroatoms. The number of halogens is 2. The monoisotopic (exact) mass is 590 g/mol. The first kappa shape index (κ1) is 26.5. The number of aromatic nitrogens is 1. The van der Waals surface area contributed by atoms with Crippen LogP contribution < -0.4 is 9.47 Å². The summed E-state index contributed by atoms with van der Waals surface area (Å²) in [4.78, 5) is 15.3. The summed E-state index contributed by atoms with van der Waals surface area (Å²) in [5.74, 6) is -1.39. The van der Waals surface area contributed by atoms with Gasteiger partial charge in [-0.1, -0.05) is 64.6 Å². The van der Waals surface area contributed by atoms with E-state index in [4.69, 9.17) is 23.2 Å². The van der Waals surface area contributed by atoms with E-state index in [1.54, 1.807) is 10.6 Å². The zero-order valence-corrected chi connectivity index (χ0v) is 23.1. The van der Waals surface area contributed by atoms with Crippen LogP contribution >= 0.6 is 57.6 Å². The summed E-state index contributed by atoms with van der Waals surface area (Å²) >= 11 is 16.7. The van der Waals surface area contributed by atoms with Crippen molar-refractivity contribution >= 4 is 95.0 Å². The second kappa shape index (κ2) is 10.8. The molecule has 0 aliphatic carbocycles. The van der Waals surface area contributed by atoms with Crippen molar-refractivity contribution in [2.45, 2.75) is 31.2 Å². The topological polar surface area (TPSA) is 102 Å². The number of nitrogens with zero attached hydrogens (tertiary/aromatic N) is 2. The molecule has 0 saturated carbocycles. The number of hydrogen-bond acceptors (Lipinski definition) is 8. The van der Waals surface area contributed by atoms with Crippen LogP contribution in [-0.4, -0.2) is 36.3 Å². The van der Waals surface area contributed by atoms with Crippen LogP contribution in [0.2, 0.25) is 9.36 Å². The van der Waals surface area contributed by atoms with Crippen LogP contribution in [0.5, 0.6) is 0 Å². The fourth-order valence-electron chi connectivity index (χ4n) is 3.63. The van der Waals surface area contributed by atoms with Crippen molar-refractivity contribution in [2.24, 2.45) is 0 Å². The molecule has 0 fully saturated rings. The molecule has 3 aromatic rings. The van der Waals surface area contributed by atoms with E-state index in [0.717, 1.165) is 35.7 Å². The van der Waals surface area contributed by atoms with Crippen LogP contribution in [0.15, 0.2) is 45.8 Å². The zero-order valence-electron chi connectivity index (χ0n) is 18.4. The van der Waals surface area contributed by atoms with E-state index >= 15 is 0 Å². The number of anilines is 1. The molecule has 1 N–H and O–H groups in total. The third-order valence-electron chi connectivity index (χ3n) is 5.16. The molecular formula is C22H20Cl2N2O5S4. The summed E-state index contributed by atoms with van der Waals surface area (Å²) in [6.45, 7) is 2.18. The minimum absolute atomic E-state index is 0.176. The maximum Gasteiger partial charge on any atom is 0.370 e. The summed E-state index contributed by atoms with van der Waals surface area (Å²) in [7, 11) is -4.31. The summed E-state index contributed by atoms with van der Waals surface area (Å²) in [5.41, 5.74) is 1.83. The second-order valence-electron chi connectivity index (χ2n) is 7.68. The number of carbonyl (C=O) groups is 1. The second-order valence-corrected chi connectivity index (χ2v) is 13.4. The van der Waals surface area contributed by atoms with Gasteiger partial charge in [-0.3, -0.25) is 0 Å². The number of aliphatic carboxylic acids is 1. The Hall–Kier alpha value is -1.60. The lowest BCUT2D eigenvalue weighted by molar-refractivity contribution is -0.655. The van der Waals surface area contributed by atoms with Crippen molar-refractivity contribution in [3.63, 3.8) is 0 Å². The highest BCUT2D eigenvalue weighted by molar-refractivity contribution is 8.03. The number of hydrogen-bond donors (Lipinski definition) is 1. The summed E-state index contributed by atoms with van der Waals surface area (Å²) < 4.78 is 36.6. The van der Waals surface area contributed by atoms with E-state index in [0.29, 0.717) is 22.3 Å². The van der Waals surface area contributed by atoms with Gasteiger partial charge in [-0.2, -0.15) is 4.57 Å². The highest BCUT2D eigenvalue weighted by atomic mass is 35.5. The van der Waals surface area contributed by atoms with Crippen LogP contribution in [0.25, 0.3) is 15.6 Å². The fourth-order valence-corrected chi connectivity index (χ4v) is 8.07. The predicted molar refractivity (Wildman–Crippen MR) is 143 cm³/mol. The highest BCUT2D eigenvalue weighted by Gasteiger charge is 2.27. The molecule has 35 heavy (non-hydrogen) atoms. The molecule has 0 radical (unpaired) electrons. The van der Waals surface area contributed by atoms with Crippen LogP contribution in [0.4, 0.5) is 5.69 Å². The molecule has 0 atom stereocenters. The number of carboxylic acid groups (broad SMARTS) is 1. The molecule has 186 valence electrons. The van der Waals surface area contributed by atoms with Crippen LogP contribution in [0.3, 0.4) is 0 Å². The van der Waals surface area contributed by atoms with Crippen LogP contribution in [0.1, 0.15) is 24.8 Å². The molecule has 4 rings (SSSR count). The number of carboxylic acids is 1. The molecule has 0 saturated heterocycles. The van der Waals surface area contributed by atoms with Crippen molar-refractivity contribution in [3.8, 4) is 0 Å². The van der Waals surface area contributed by atoms with E-state index in [1.807, 2.05) is 42.2 Å². The molecule has 0 unspecified atom stereocenters. The number of benzene rings is 1. The van der Waals surface area contributed by atoms with Crippen molar-refractivity contribution in [2.75, 3.05) is 17.2 Å². The molecule has 7 nitrogen and oxygen atoms in total. The Kier molecular flexibility index (Phi) is 8.16. The van der Waals surface area contributed by atoms with Gasteiger partial charge >= 0.3 is 5.97 Å². The van der Waals surface area contributed by atoms with Gasteiger partial charge in [0, 0.05) is 28.3 Å². The predicted octanol–water partition coefficient (Wildman–Crippen LogP) is 5.82. The minimum atomic E-state index is -4.31. The Labute approximate surface area is 225 Å².